The highest BCUT2D eigenvalue weighted by Gasteiger charge is 2.46. The van der Waals surface area contributed by atoms with Gasteiger partial charge >= 0.3 is 0 Å². The Morgan fingerprint density at radius 2 is 0.923 bits per heavy atom. The Balaban J connectivity index is 1.58. The maximum absolute atomic E-state index is 3.65. The minimum atomic E-state index is -0.506. The van der Waals surface area contributed by atoms with Crippen LogP contribution < -0.4 is 10.2 Å². The van der Waals surface area contributed by atoms with Crippen LogP contribution in [0.5, 0.6) is 0 Å². The molecule has 6 aromatic rings. The molecule has 1 heterocycles. The van der Waals surface area contributed by atoms with Crippen LogP contribution in [-0.2, 0) is 5.41 Å². The molecule has 1 aliphatic heterocycles. The zero-order chi connectivity index (χ0) is 26.1. The molecule has 0 unspecified atom stereocenters. The number of anilines is 5. The summed E-state index contributed by atoms with van der Waals surface area (Å²) in [5.74, 6) is 0. The molecule has 0 fully saturated rings. The van der Waals surface area contributed by atoms with Crippen molar-refractivity contribution in [3.05, 3.63) is 186 Å². The second-order valence-corrected chi connectivity index (χ2v) is 9.89. The number of nitrogens with one attached hydrogen (secondary N) is 1. The molecule has 7 rings (SSSR count). The Labute approximate surface area is 229 Å². The third kappa shape index (κ3) is 3.81. The van der Waals surface area contributed by atoms with Crippen LogP contribution in [0.25, 0.3) is 0 Å². The van der Waals surface area contributed by atoms with E-state index in [0.717, 1.165) is 17.1 Å². The summed E-state index contributed by atoms with van der Waals surface area (Å²) in [7, 11) is 0. The molecule has 0 spiro atoms. The van der Waals surface area contributed by atoms with E-state index in [4.69, 9.17) is 0 Å². The largest absolute Gasteiger partial charge is 0.356 e. The molecule has 1 aliphatic rings. The van der Waals surface area contributed by atoms with Gasteiger partial charge in [0, 0.05) is 17.1 Å². The SMILES string of the molecule is c1ccc(Nc2ccc3c(c2)C(c2ccccc2)(c2ccccc2)c2ccccc2N3c2ccccc2)cc1. The molecule has 0 saturated heterocycles. The quantitative estimate of drug-likeness (QED) is 0.253. The second kappa shape index (κ2) is 9.66. The molecule has 0 aromatic heterocycles. The van der Waals surface area contributed by atoms with Gasteiger partial charge in [0.05, 0.1) is 16.8 Å². The van der Waals surface area contributed by atoms with Crippen molar-refractivity contribution in [3.63, 3.8) is 0 Å². The summed E-state index contributed by atoms with van der Waals surface area (Å²) in [5, 5.41) is 3.65. The van der Waals surface area contributed by atoms with E-state index >= 15 is 0 Å². The van der Waals surface area contributed by atoms with E-state index < -0.39 is 5.41 Å². The third-order valence-electron chi connectivity index (χ3n) is 7.68. The number of hydrogen-bond donors (Lipinski definition) is 1. The van der Waals surface area contributed by atoms with E-state index in [1.54, 1.807) is 0 Å². The Morgan fingerprint density at radius 3 is 1.56 bits per heavy atom. The molecule has 1 N–H and O–H groups in total. The van der Waals surface area contributed by atoms with Gasteiger partial charge in [-0.1, -0.05) is 115 Å². The van der Waals surface area contributed by atoms with Gasteiger partial charge in [-0.3, -0.25) is 0 Å². The average Bonchev–Trinajstić information content (AvgIpc) is 3.02. The molecule has 0 bridgehead atoms. The molecule has 0 aliphatic carbocycles. The molecular formula is C37H28N2. The number of para-hydroxylation sites is 3. The third-order valence-corrected chi connectivity index (χ3v) is 7.68. The summed E-state index contributed by atoms with van der Waals surface area (Å²) < 4.78 is 0. The van der Waals surface area contributed by atoms with Crippen molar-refractivity contribution in [1.29, 1.82) is 0 Å². The number of hydrogen-bond acceptors (Lipinski definition) is 2. The summed E-state index contributed by atoms with van der Waals surface area (Å²) >= 11 is 0. The first-order chi connectivity index (χ1) is 19.4. The van der Waals surface area contributed by atoms with Gasteiger partial charge in [0.15, 0.2) is 0 Å². The standard InChI is InChI=1S/C37H28N2/c1-5-15-28(16-6-1)37(29-17-7-2-8-18-29)33-23-13-14-24-35(33)39(32-21-11-4-12-22-32)36-26-25-31(27-34(36)37)38-30-19-9-3-10-20-30/h1-27,38H. The van der Waals surface area contributed by atoms with Gasteiger partial charge in [0.25, 0.3) is 0 Å². The Hall–Kier alpha value is -5.08. The van der Waals surface area contributed by atoms with Crippen LogP contribution in [0.1, 0.15) is 22.3 Å². The first-order valence-corrected chi connectivity index (χ1v) is 13.4. The van der Waals surface area contributed by atoms with Crippen molar-refractivity contribution >= 4 is 28.4 Å². The first kappa shape index (κ1) is 23.1. The second-order valence-electron chi connectivity index (χ2n) is 9.89. The molecule has 0 radical (unpaired) electrons. The zero-order valence-electron chi connectivity index (χ0n) is 21.5. The van der Waals surface area contributed by atoms with E-state index in [-0.39, 0.29) is 0 Å². The summed E-state index contributed by atoms with van der Waals surface area (Å²) in [6.07, 6.45) is 0. The van der Waals surface area contributed by atoms with E-state index in [9.17, 15) is 0 Å². The van der Waals surface area contributed by atoms with Gasteiger partial charge in [-0.25, -0.2) is 0 Å². The smallest absolute Gasteiger partial charge is 0.0743 e. The highest BCUT2D eigenvalue weighted by atomic mass is 15.2. The minimum Gasteiger partial charge on any atom is -0.356 e. The summed E-state index contributed by atoms with van der Waals surface area (Å²) in [5.41, 5.74) is 10.1. The predicted octanol–water partition coefficient (Wildman–Crippen LogP) is 9.60. The molecule has 0 saturated carbocycles. The Kier molecular flexibility index (Phi) is 5.71. The van der Waals surface area contributed by atoms with Crippen LogP contribution in [-0.4, -0.2) is 0 Å². The molecule has 6 aromatic carbocycles. The van der Waals surface area contributed by atoms with Gasteiger partial charge in [0.1, 0.15) is 0 Å². The molecule has 2 heteroatoms. The lowest BCUT2D eigenvalue weighted by Gasteiger charge is -2.46. The van der Waals surface area contributed by atoms with Gasteiger partial charge in [-0.05, 0) is 70.8 Å². The van der Waals surface area contributed by atoms with Crippen molar-refractivity contribution in [2.75, 3.05) is 10.2 Å². The number of benzene rings is 6. The highest BCUT2D eigenvalue weighted by molar-refractivity contribution is 5.90. The lowest BCUT2D eigenvalue weighted by Crippen LogP contribution is -2.37. The Morgan fingerprint density at radius 1 is 0.410 bits per heavy atom. The van der Waals surface area contributed by atoms with Crippen molar-refractivity contribution in [3.8, 4) is 0 Å². The van der Waals surface area contributed by atoms with Crippen LogP contribution in [0.3, 0.4) is 0 Å². The van der Waals surface area contributed by atoms with E-state index in [1.165, 1.54) is 33.6 Å². The molecular weight excluding hydrogens is 472 g/mol. The molecule has 0 amide bonds. The summed E-state index contributed by atoms with van der Waals surface area (Å²) in [6, 6.07) is 58.6. The minimum absolute atomic E-state index is 0.506. The monoisotopic (exact) mass is 500 g/mol. The van der Waals surface area contributed by atoms with Crippen molar-refractivity contribution in [2.45, 2.75) is 5.41 Å². The normalized spacial score (nSPS) is 13.3. The van der Waals surface area contributed by atoms with E-state index in [1.807, 2.05) is 6.07 Å². The van der Waals surface area contributed by atoms with Crippen molar-refractivity contribution < 1.29 is 0 Å². The van der Waals surface area contributed by atoms with Crippen LogP contribution in [0.15, 0.2) is 164 Å². The van der Waals surface area contributed by atoms with Gasteiger partial charge in [0.2, 0.25) is 0 Å². The topological polar surface area (TPSA) is 15.3 Å². The van der Waals surface area contributed by atoms with E-state index in [0.29, 0.717) is 0 Å². The fraction of sp³-hybridized carbons (Fsp3) is 0.0270. The van der Waals surface area contributed by atoms with Crippen molar-refractivity contribution in [1.82, 2.24) is 0 Å². The van der Waals surface area contributed by atoms with Gasteiger partial charge in [-0.2, -0.15) is 0 Å². The lowest BCUT2D eigenvalue weighted by molar-refractivity contribution is 0.731. The van der Waals surface area contributed by atoms with Crippen LogP contribution in [0, 0.1) is 0 Å². The number of fused-ring (bicyclic) bond motifs is 2. The summed E-state index contributed by atoms with van der Waals surface area (Å²) in [6.45, 7) is 0. The van der Waals surface area contributed by atoms with E-state index in [2.05, 4.69) is 168 Å². The maximum Gasteiger partial charge on any atom is 0.0743 e. The molecule has 39 heavy (non-hydrogen) atoms. The van der Waals surface area contributed by atoms with Crippen LogP contribution in [0.4, 0.5) is 28.4 Å². The summed E-state index contributed by atoms with van der Waals surface area (Å²) in [4.78, 5) is 2.40. The van der Waals surface area contributed by atoms with Crippen LogP contribution in [0.2, 0.25) is 0 Å². The fourth-order valence-electron chi connectivity index (χ4n) is 6.08. The molecule has 2 nitrogen and oxygen atoms in total. The van der Waals surface area contributed by atoms with Gasteiger partial charge in [-0.15, -0.1) is 0 Å². The highest BCUT2D eigenvalue weighted by Crippen LogP contribution is 2.58. The van der Waals surface area contributed by atoms with Crippen molar-refractivity contribution in [2.24, 2.45) is 0 Å². The fourth-order valence-corrected chi connectivity index (χ4v) is 6.08. The zero-order valence-corrected chi connectivity index (χ0v) is 21.5. The first-order valence-electron chi connectivity index (χ1n) is 13.4. The molecule has 0 atom stereocenters. The Bertz CT molecular complexity index is 1670. The maximum atomic E-state index is 3.65. The molecule has 186 valence electrons. The predicted molar refractivity (Wildman–Crippen MR) is 163 cm³/mol. The van der Waals surface area contributed by atoms with Crippen LogP contribution >= 0.6 is 0 Å². The number of nitrogens with zero attached hydrogens (tertiary/aromatic N) is 1. The number of rotatable bonds is 5. The van der Waals surface area contributed by atoms with Gasteiger partial charge < -0.3 is 10.2 Å². The average molecular weight is 501 g/mol. The lowest BCUT2D eigenvalue weighted by atomic mass is 9.62.